The van der Waals surface area contributed by atoms with Crippen molar-refractivity contribution in [3.05, 3.63) is 57.8 Å². The van der Waals surface area contributed by atoms with E-state index < -0.39 is 5.82 Å². The molecule has 1 atom stereocenters. The number of methoxy groups -OCH3 is 1. The summed E-state index contributed by atoms with van der Waals surface area (Å²) >= 11 is 11.8. The Labute approximate surface area is 149 Å². The lowest BCUT2D eigenvalue weighted by Crippen LogP contribution is -2.31. The van der Waals surface area contributed by atoms with Crippen LogP contribution in [-0.2, 0) is 4.79 Å². The van der Waals surface area contributed by atoms with Crippen molar-refractivity contribution in [3.8, 4) is 11.5 Å². The van der Waals surface area contributed by atoms with Crippen LogP contribution in [0.15, 0.2) is 36.4 Å². The standard InChI is InChI=1S/C17H16Cl2FNO3/c1-10(11-3-5-16(23-2)14(20)7-11)21-17(22)9-24-15-6-4-12(18)8-13(15)19/h3-8,10H,9H2,1-2H3,(H,21,22)/t10-/m1/s1. The lowest BCUT2D eigenvalue weighted by molar-refractivity contribution is -0.123. The summed E-state index contributed by atoms with van der Waals surface area (Å²) in [5.74, 6) is -0.331. The van der Waals surface area contributed by atoms with E-state index >= 15 is 0 Å². The summed E-state index contributed by atoms with van der Waals surface area (Å²) in [4.78, 5) is 12.0. The molecule has 0 aliphatic heterocycles. The van der Waals surface area contributed by atoms with Crippen LogP contribution in [0, 0.1) is 5.82 Å². The van der Waals surface area contributed by atoms with E-state index in [0.29, 0.717) is 21.4 Å². The van der Waals surface area contributed by atoms with Gasteiger partial charge in [0.15, 0.2) is 18.2 Å². The number of halogens is 3. The van der Waals surface area contributed by atoms with Gasteiger partial charge in [-0.3, -0.25) is 4.79 Å². The predicted octanol–water partition coefficient (Wildman–Crippen LogP) is 4.40. The fraction of sp³-hybridized carbons (Fsp3) is 0.235. The fourth-order valence-corrected chi connectivity index (χ4v) is 2.52. The lowest BCUT2D eigenvalue weighted by atomic mass is 10.1. The zero-order valence-electron chi connectivity index (χ0n) is 13.1. The number of rotatable bonds is 6. The molecule has 0 aliphatic rings. The van der Waals surface area contributed by atoms with Gasteiger partial charge in [-0.05, 0) is 42.8 Å². The minimum atomic E-state index is -0.486. The summed E-state index contributed by atoms with van der Waals surface area (Å²) in [5.41, 5.74) is 0.617. The number of carbonyl (C=O) groups is 1. The van der Waals surface area contributed by atoms with Crippen LogP contribution in [-0.4, -0.2) is 19.6 Å². The molecule has 0 fully saturated rings. The van der Waals surface area contributed by atoms with Crippen LogP contribution in [0.2, 0.25) is 10.0 Å². The molecule has 0 saturated carbocycles. The topological polar surface area (TPSA) is 47.6 Å². The molecule has 0 radical (unpaired) electrons. The molecule has 0 aliphatic carbocycles. The second kappa shape index (κ2) is 8.22. The molecule has 0 spiro atoms. The number of ether oxygens (including phenoxy) is 2. The van der Waals surface area contributed by atoms with Gasteiger partial charge in [0, 0.05) is 5.02 Å². The average molecular weight is 372 g/mol. The first-order chi connectivity index (χ1) is 11.4. The molecular weight excluding hydrogens is 356 g/mol. The van der Waals surface area contributed by atoms with Gasteiger partial charge in [-0.1, -0.05) is 29.3 Å². The second-order valence-electron chi connectivity index (χ2n) is 5.05. The third kappa shape index (κ3) is 4.76. The van der Waals surface area contributed by atoms with E-state index in [1.807, 2.05) is 0 Å². The van der Waals surface area contributed by atoms with Gasteiger partial charge in [0.25, 0.3) is 5.91 Å². The minimum Gasteiger partial charge on any atom is -0.494 e. The van der Waals surface area contributed by atoms with Crippen molar-refractivity contribution in [1.82, 2.24) is 5.32 Å². The third-order valence-corrected chi connectivity index (χ3v) is 3.84. The number of benzene rings is 2. The molecule has 4 nitrogen and oxygen atoms in total. The van der Waals surface area contributed by atoms with E-state index in [0.717, 1.165) is 0 Å². The molecule has 0 aromatic heterocycles. The van der Waals surface area contributed by atoms with Gasteiger partial charge in [0.2, 0.25) is 0 Å². The molecule has 0 bridgehead atoms. The van der Waals surface area contributed by atoms with Gasteiger partial charge in [-0.25, -0.2) is 4.39 Å². The van der Waals surface area contributed by atoms with E-state index in [1.165, 1.54) is 25.3 Å². The molecule has 128 valence electrons. The highest BCUT2D eigenvalue weighted by atomic mass is 35.5. The minimum absolute atomic E-state index is 0.151. The first-order valence-corrected chi connectivity index (χ1v) is 7.87. The van der Waals surface area contributed by atoms with E-state index in [1.54, 1.807) is 25.1 Å². The summed E-state index contributed by atoms with van der Waals surface area (Å²) in [7, 11) is 1.39. The number of hydrogen-bond donors (Lipinski definition) is 1. The highest BCUT2D eigenvalue weighted by Crippen LogP contribution is 2.27. The highest BCUT2D eigenvalue weighted by Gasteiger charge is 2.13. The molecule has 2 aromatic rings. The Hall–Kier alpha value is -1.98. The maximum atomic E-state index is 13.7. The zero-order chi connectivity index (χ0) is 17.7. The lowest BCUT2D eigenvalue weighted by Gasteiger charge is -2.16. The van der Waals surface area contributed by atoms with E-state index in [2.05, 4.69) is 5.32 Å². The first-order valence-electron chi connectivity index (χ1n) is 7.11. The van der Waals surface area contributed by atoms with Gasteiger partial charge >= 0.3 is 0 Å². The Morgan fingerprint density at radius 2 is 1.92 bits per heavy atom. The largest absolute Gasteiger partial charge is 0.494 e. The van der Waals surface area contributed by atoms with Crippen LogP contribution in [0.25, 0.3) is 0 Å². The van der Waals surface area contributed by atoms with Crippen molar-refractivity contribution in [1.29, 1.82) is 0 Å². The van der Waals surface area contributed by atoms with Gasteiger partial charge in [-0.2, -0.15) is 0 Å². The van der Waals surface area contributed by atoms with Gasteiger partial charge < -0.3 is 14.8 Å². The molecule has 2 aromatic carbocycles. The van der Waals surface area contributed by atoms with Crippen molar-refractivity contribution in [3.63, 3.8) is 0 Å². The summed E-state index contributed by atoms with van der Waals surface area (Å²) in [6, 6.07) is 8.85. The Morgan fingerprint density at radius 1 is 1.21 bits per heavy atom. The molecular formula is C17H16Cl2FNO3. The van der Waals surface area contributed by atoms with E-state index in [4.69, 9.17) is 32.7 Å². The van der Waals surface area contributed by atoms with Crippen LogP contribution in [0.5, 0.6) is 11.5 Å². The molecule has 0 unspecified atom stereocenters. The number of carbonyl (C=O) groups excluding carboxylic acids is 1. The van der Waals surface area contributed by atoms with Gasteiger partial charge in [0.05, 0.1) is 18.2 Å². The van der Waals surface area contributed by atoms with Gasteiger partial charge in [-0.15, -0.1) is 0 Å². The van der Waals surface area contributed by atoms with Crippen molar-refractivity contribution in [2.24, 2.45) is 0 Å². The number of hydrogen-bond acceptors (Lipinski definition) is 3. The Balaban J connectivity index is 1.93. The van der Waals surface area contributed by atoms with E-state index in [-0.39, 0.29) is 24.3 Å². The van der Waals surface area contributed by atoms with Gasteiger partial charge in [0.1, 0.15) is 5.75 Å². The monoisotopic (exact) mass is 371 g/mol. The number of amides is 1. The summed E-state index contributed by atoms with van der Waals surface area (Å²) in [6.07, 6.45) is 0. The van der Waals surface area contributed by atoms with Crippen LogP contribution < -0.4 is 14.8 Å². The SMILES string of the molecule is COc1ccc([C@@H](C)NC(=O)COc2ccc(Cl)cc2Cl)cc1F. The molecule has 0 saturated heterocycles. The van der Waals surface area contributed by atoms with Crippen LogP contribution in [0.3, 0.4) is 0 Å². The first kappa shape index (κ1) is 18.4. The average Bonchev–Trinajstić information content (AvgIpc) is 2.53. The highest BCUT2D eigenvalue weighted by molar-refractivity contribution is 6.35. The molecule has 1 amide bonds. The fourth-order valence-electron chi connectivity index (χ4n) is 2.05. The Morgan fingerprint density at radius 3 is 2.54 bits per heavy atom. The van der Waals surface area contributed by atoms with Crippen molar-refractivity contribution in [2.45, 2.75) is 13.0 Å². The number of nitrogens with one attached hydrogen (secondary N) is 1. The smallest absolute Gasteiger partial charge is 0.258 e. The quantitative estimate of drug-likeness (QED) is 0.818. The molecule has 1 N–H and O–H groups in total. The third-order valence-electron chi connectivity index (χ3n) is 3.31. The zero-order valence-corrected chi connectivity index (χ0v) is 14.6. The maximum absolute atomic E-state index is 13.7. The summed E-state index contributed by atoms with van der Waals surface area (Å²) < 4.78 is 23.9. The Bertz CT molecular complexity index is 740. The molecule has 24 heavy (non-hydrogen) atoms. The molecule has 2 rings (SSSR count). The second-order valence-corrected chi connectivity index (χ2v) is 5.89. The molecule has 7 heteroatoms. The maximum Gasteiger partial charge on any atom is 0.258 e. The molecule has 0 heterocycles. The summed E-state index contributed by atoms with van der Waals surface area (Å²) in [6.45, 7) is 1.53. The Kier molecular flexibility index (Phi) is 6.29. The van der Waals surface area contributed by atoms with Crippen LogP contribution in [0.4, 0.5) is 4.39 Å². The van der Waals surface area contributed by atoms with Crippen LogP contribution >= 0.6 is 23.2 Å². The predicted molar refractivity (Wildman–Crippen MR) is 91.5 cm³/mol. The van der Waals surface area contributed by atoms with Crippen LogP contribution in [0.1, 0.15) is 18.5 Å². The van der Waals surface area contributed by atoms with Crippen molar-refractivity contribution in [2.75, 3.05) is 13.7 Å². The summed E-state index contributed by atoms with van der Waals surface area (Å²) in [5, 5.41) is 3.52. The van der Waals surface area contributed by atoms with Crippen molar-refractivity contribution < 1.29 is 18.7 Å². The van der Waals surface area contributed by atoms with Crippen molar-refractivity contribution >= 4 is 29.1 Å². The van der Waals surface area contributed by atoms with E-state index in [9.17, 15) is 9.18 Å². The normalized spacial score (nSPS) is 11.7.